The van der Waals surface area contributed by atoms with Crippen LogP contribution in [0, 0.1) is 23.7 Å². The monoisotopic (exact) mass is 1400 g/mol. The summed E-state index contributed by atoms with van der Waals surface area (Å²) in [6.07, 6.45) is 50.2. The Labute approximate surface area is 581 Å². The second kappa shape index (κ2) is 65.4. The number of aliphatic hydroxyl groups is 1. The van der Waals surface area contributed by atoms with Gasteiger partial charge in [-0.05, 0) is 49.4 Å². The van der Waals surface area contributed by atoms with Crippen molar-refractivity contribution in [2.75, 3.05) is 39.6 Å². The summed E-state index contributed by atoms with van der Waals surface area (Å²) in [5.74, 6) is 0.958. The van der Waals surface area contributed by atoms with E-state index >= 15 is 0 Å². The fraction of sp³-hybridized carbons (Fsp3) is 0.947. The number of carbonyl (C=O) groups is 4. The van der Waals surface area contributed by atoms with Crippen LogP contribution in [0.3, 0.4) is 0 Å². The number of esters is 4. The van der Waals surface area contributed by atoms with Gasteiger partial charge in [-0.15, -0.1) is 0 Å². The number of carbonyl (C=O) groups excluding carboxylic acids is 4. The van der Waals surface area contributed by atoms with Gasteiger partial charge in [0.25, 0.3) is 0 Å². The van der Waals surface area contributed by atoms with Gasteiger partial charge in [-0.1, -0.05) is 331 Å². The molecule has 8 atom stereocenters. The Hall–Kier alpha value is -1.94. The van der Waals surface area contributed by atoms with E-state index in [9.17, 15) is 43.2 Å². The Morgan fingerprint density at radius 2 is 0.505 bits per heavy atom. The second-order valence-corrected chi connectivity index (χ2v) is 31.5. The van der Waals surface area contributed by atoms with Gasteiger partial charge in [-0.2, -0.15) is 0 Å². The molecule has 0 aromatic heterocycles. The molecule has 3 N–H and O–H groups in total. The first-order chi connectivity index (χ1) is 45.7. The molecule has 0 saturated heterocycles. The van der Waals surface area contributed by atoms with Crippen molar-refractivity contribution in [3.63, 3.8) is 0 Å². The third kappa shape index (κ3) is 66.4. The highest BCUT2D eigenvalue weighted by Gasteiger charge is 2.30. The largest absolute Gasteiger partial charge is 0.472 e. The quantitative estimate of drug-likeness (QED) is 0.0222. The predicted octanol–water partition coefficient (Wildman–Crippen LogP) is 22.0. The standard InChI is InChI=1S/C76H148O17P2/c1-9-67(6)53-45-37-28-24-20-18-16-14-12-13-15-17-19-21-26-30-42-50-58-75(80)92-71(62-86-73(78)56-48-40-34-32-36-44-52-66(4)5)64-90-94(82,83)88-60-70(77)61-89-95(84,85)91-65-72(63-87-74(79)57-49-41-35-33-39-47-55-69(8)11-3)93-76(81)59-51-43-31-27-23-22-25-29-38-46-54-68(7)10-2/h66-72,77H,9-65H2,1-8H3,(H,82,83)(H,84,85)/t67?,68?,69?,70-,71+,72+/m0/s1. The zero-order valence-corrected chi connectivity index (χ0v) is 64.1. The topological polar surface area (TPSA) is 237 Å². The summed E-state index contributed by atoms with van der Waals surface area (Å²) >= 11 is 0. The van der Waals surface area contributed by atoms with Crippen molar-refractivity contribution in [1.82, 2.24) is 0 Å². The van der Waals surface area contributed by atoms with Gasteiger partial charge in [0.1, 0.15) is 19.3 Å². The maximum Gasteiger partial charge on any atom is 0.472 e. The number of ether oxygens (including phenoxy) is 4. The van der Waals surface area contributed by atoms with Crippen LogP contribution in [-0.4, -0.2) is 96.7 Å². The van der Waals surface area contributed by atoms with Crippen molar-refractivity contribution in [3.8, 4) is 0 Å². The lowest BCUT2D eigenvalue weighted by Gasteiger charge is -2.21. The van der Waals surface area contributed by atoms with Crippen molar-refractivity contribution in [3.05, 3.63) is 0 Å². The number of hydrogen-bond acceptors (Lipinski definition) is 15. The van der Waals surface area contributed by atoms with Gasteiger partial charge in [0, 0.05) is 25.7 Å². The lowest BCUT2D eigenvalue weighted by molar-refractivity contribution is -0.161. The smallest absolute Gasteiger partial charge is 0.462 e. The molecule has 0 bridgehead atoms. The highest BCUT2D eigenvalue weighted by molar-refractivity contribution is 7.47. The van der Waals surface area contributed by atoms with Crippen LogP contribution >= 0.6 is 15.6 Å². The van der Waals surface area contributed by atoms with E-state index in [0.717, 1.165) is 120 Å². The fourth-order valence-electron chi connectivity index (χ4n) is 11.5. The van der Waals surface area contributed by atoms with Gasteiger partial charge in [0.05, 0.1) is 26.4 Å². The van der Waals surface area contributed by atoms with Crippen LogP contribution in [-0.2, 0) is 65.4 Å². The third-order valence-electron chi connectivity index (χ3n) is 18.7. The summed E-state index contributed by atoms with van der Waals surface area (Å²) in [5.41, 5.74) is 0. The van der Waals surface area contributed by atoms with Crippen LogP contribution in [0.5, 0.6) is 0 Å². The lowest BCUT2D eigenvalue weighted by atomic mass is 9.99. The van der Waals surface area contributed by atoms with Crippen molar-refractivity contribution in [2.45, 2.75) is 401 Å². The van der Waals surface area contributed by atoms with Gasteiger partial charge in [-0.25, -0.2) is 9.13 Å². The van der Waals surface area contributed by atoms with Crippen LogP contribution in [0.1, 0.15) is 383 Å². The minimum absolute atomic E-state index is 0.105. The van der Waals surface area contributed by atoms with E-state index in [1.54, 1.807) is 0 Å². The molecule has 0 heterocycles. The number of aliphatic hydroxyl groups excluding tert-OH is 1. The summed E-state index contributed by atoms with van der Waals surface area (Å²) in [6.45, 7) is 14.2. The van der Waals surface area contributed by atoms with E-state index in [1.807, 2.05) is 0 Å². The Bertz CT molecular complexity index is 1870. The lowest BCUT2D eigenvalue weighted by Crippen LogP contribution is -2.30. The molecule has 564 valence electrons. The van der Waals surface area contributed by atoms with Gasteiger partial charge in [0.2, 0.25) is 0 Å². The van der Waals surface area contributed by atoms with Crippen molar-refractivity contribution < 1.29 is 80.2 Å². The molecule has 5 unspecified atom stereocenters. The van der Waals surface area contributed by atoms with Gasteiger partial charge in [0.15, 0.2) is 12.2 Å². The summed E-state index contributed by atoms with van der Waals surface area (Å²) in [5, 5.41) is 10.6. The van der Waals surface area contributed by atoms with E-state index in [-0.39, 0.29) is 25.7 Å². The molecule has 0 saturated carbocycles. The average molecular weight is 1400 g/mol. The summed E-state index contributed by atoms with van der Waals surface area (Å²) in [7, 11) is -9.91. The van der Waals surface area contributed by atoms with Crippen LogP contribution in [0.15, 0.2) is 0 Å². The number of rotatable bonds is 73. The Morgan fingerprint density at radius 3 is 0.747 bits per heavy atom. The Balaban J connectivity index is 5.16. The van der Waals surface area contributed by atoms with Gasteiger partial charge < -0.3 is 33.8 Å². The maximum atomic E-state index is 13.1. The van der Waals surface area contributed by atoms with E-state index in [0.29, 0.717) is 31.6 Å². The van der Waals surface area contributed by atoms with E-state index in [2.05, 4.69) is 55.4 Å². The molecule has 0 amide bonds. The number of phosphoric acid groups is 2. The molecule has 0 spiro atoms. The zero-order chi connectivity index (χ0) is 70.3. The first kappa shape index (κ1) is 93.1. The van der Waals surface area contributed by atoms with Crippen LogP contribution in [0.2, 0.25) is 0 Å². The average Bonchev–Trinajstić information content (AvgIpc) is 1.72. The number of hydrogen-bond donors (Lipinski definition) is 3. The van der Waals surface area contributed by atoms with E-state index in [1.165, 1.54) is 173 Å². The molecule has 95 heavy (non-hydrogen) atoms. The molecule has 0 aromatic rings. The third-order valence-corrected chi connectivity index (χ3v) is 20.6. The molecule has 0 aliphatic rings. The van der Waals surface area contributed by atoms with Gasteiger partial charge in [-0.3, -0.25) is 37.3 Å². The molecule has 0 rings (SSSR count). The fourth-order valence-corrected chi connectivity index (χ4v) is 13.0. The molecule has 0 fully saturated rings. The molecule has 0 aliphatic carbocycles. The molecule has 0 radical (unpaired) electrons. The second-order valence-electron chi connectivity index (χ2n) is 28.6. The van der Waals surface area contributed by atoms with Crippen molar-refractivity contribution in [2.24, 2.45) is 23.7 Å². The molecule has 0 aliphatic heterocycles. The van der Waals surface area contributed by atoms with Crippen LogP contribution in [0.25, 0.3) is 0 Å². The first-order valence-corrected chi connectivity index (χ1v) is 42.3. The number of phosphoric ester groups is 2. The zero-order valence-electron chi connectivity index (χ0n) is 62.3. The van der Waals surface area contributed by atoms with Crippen molar-refractivity contribution >= 4 is 39.5 Å². The van der Waals surface area contributed by atoms with E-state index in [4.69, 9.17) is 37.0 Å². The van der Waals surface area contributed by atoms with Gasteiger partial charge >= 0.3 is 39.5 Å². The molecular formula is C76H148O17P2. The molecule has 19 heteroatoms. The minimum atomic E-state index is -4.96. The summed E-state index contributed by atoms with van der Waals surface area (Å²) in [4.78, 5) is 72.7. The van der Waals surface area contributed by atoms with E-state index < -0.39 is 97.5 Å². The van der Waals surface area contributed by atoms with Crippen molar-refractivity contribution in [1.29, 1.82) is 0 Å². The summed E-state index contributed by atoms with van der Waals surface area (Å²) < 4.78 is 68.4. The SMILES string of the molecule is CCC(C)CCCCCCCCCCCCCCCCCCCCC(=O)O[C@H](COC(=O)CCCCCCCCC(C)C)COP(=O)(O)OC[C@H](O)COP(=O)(O)OC[C@@H](COC(=O)CCCCCCCCC(C)CC)OC(=O)CCCCCCCCCCCCC(C)CC. The Kier molecular flexibility index (Phi) is 64.0. The number of unbranched alkanes of at least 4 members (excludes halogenated alkanes) is 36. The van der Waals surface area contributed by atoms with Crippen LogP contribution in [0.4, 0.5) is 0 Å². The maximum absolute atomic E-state index is 13.1. The van der Waals surface area contributed by atoms with Crippen LogP contribution < -0.4 is 0 Å². The molecule has 17 nitrogen and oxygen atoms in total. The Morgan fingerprint density at radius 1 is 0.295 bits per heavy atom. The first-order valence-electron chi connectivity index (χ1n) is 39.3. The normalized spacial score (nSPS) is 15.0. The highest BCUT2D eigenvalue weighted by Crippen LogP contribution is 2.45. The molecule has 0 aromatic carbocycles. The summed E-state index contributed by atoms with van der Waals surface area (Å²) in [6, 6.07) is 0. The minimum Gasteiger partial charge on any atom is -0.462 e. The predicted molar refractivity (Wildman–Crippen MR) is 386 cm³/mol. The highest BCUT2D eigenvalue weighted by atomic mass is 31.2. The molecular weight excluding hydrogens is 1250 g/mol.